The summed E-state index contributed by atoms with van der Waals surface area (Å²) in [6.07, 6.45) is 2.26. The van der Waals surface area contributed by atoms with Gasteiger partial charge in [0.25, 0.3) is 5.91 Å². The zero-order chi connectivity index (χ0) is 20.4. The molecule has 1 atom stereocenters. The molecular formula is C23H23N3O3. The van der Waals surface area contributed by atoms with Gasteiger partial charge in [0.15, 0.2) is 0 Å². The summed E-state index contributed by atoms with van der Waals surface area (Å²) in [6.45, 7) is 4.48. The number of rotatable bonds is 5. The van der Waals surface area contributed by atoms with Gasteiger partial charge in [0, 0.05) is 5.69 Å². The Bertz CT molecular complexity index is 1030. The Kier molecular flexibility index (Phi) is 5.16. The van der Waals surface area contributed by atoms with Crippen LogP contribution < -0.4 is 4.90 Å². The molecule has 2 heterocycles. The number of aromatic nitrogens is 2. The first-order chi connectivity index (χ1) is 14.1. The minimum atomic E-state index is -0.519. The number of hydrogen-bond donors (Lipinski definition) is 0. The molecule has 0 aliphatic carbocycles. The van der Waals surface area contributed by atoms with Gasteiger partial charge in [-0.25, -0.2) is 4.79 Å². The lowest BCUT2D eigenvalue weighted by Gasteiger charge is -2.34. The maximum absolute atomic E-state index is 13.3. The van der Waals surface area contributed by atoms with Crippen molar-refractivity contribution in [2.75, 3.05) is 11.5 Å². The summed E-state index contributed by atoms with van der Waals surface area (Å²) >= 11 is 0. The average molecular weight is 389 g/mol. The minimum Gasteiger partial charge on any atom is -0.462 e. The van der Waals surface area contributed by atoms with Crippen molar-refractivity contribution in [1.82, 2.24) is 9.78 Å². The molecule has 0 N–H and O–H groups in total. The molecule has 0 saturated heterocycles. The second-order valence-corrected chi connectivity index (χ2v) is 7.16. The molecule has 1 aliphatic rings. The standard InChI is InChI=1S/C23H23N3O3/c1-3-29-23(28)20-14-24-25-15-16(2)26(22(27)21(20)25)19-11-9-18(10-12-19)13-17-7-5-4-6-8-17/h4-12,14,16H,3,13,15H2,1-2H3/t16-/m0/s1. The SMILES string of the molecule is CCOC(=O)c1cnn2c1C(=O)N(c1ccc(Cc3ccccc3)cc1)[C@@H](C)C2. The van der Waals surface area contributed by atoms with Gasteiger partial charge in [-0.2, -0.15) is 5.10 Å². The first kappa shape index (κ1) is 18.9. The maximum Gasteiger partial charge on any atom is 0.342 e. The lowest BCUT2D eigenvalue weighted by atomic mass is 10.0. The molecule has 0 fully saturated rings. The predicted octanol–water partition coefficient (Wildman–Crippen LogP) is 3.70. The average Bonchev–Trinajstić information content (AvgIpc) is 3.14. The van der Waals surface area contributed by atoms with Crippen LogP contribution in [0.4, 0.5) is 5.69 Å². The molecular weight excluding hydrogens is 366 g/mol. The summed E-state index contributed by atoms with van der Waals surface area (Å²) in [4.78, 5) is 27.2. The van der Waals surface area contributed by atoms with Gasteiger partial charge in [-0.1, -0.05) is 42.5 Å². The Morgan fingerprint density at radius 3 is 2.48 bits per heavy atom. The monoisotopic (exact) mass is 389 g/mol. The molecule has 0 spiro atoms. The molecule has 1 aliphatic heterocycles. The van der Waals surface area contributed by atoms with Crippen molar-refractivity contribution in [2.45, 2.75) is 32.9 Å². The van der Waals surface area contributed by atoms with E-state index in [1.807, 2.05) is 49.4 Å². The highest BCUT2D eigenvalue weighted by Crippen LogP contribution is 2.27. The number of anilines is 1. The van der Waals surface area contributed by atoms with Crippen LogP contribution in [-0.2, 0) is 17.7 Å². The van der Waals surface area contributed by atoms with Crippen molar-refractivity contribution < 1.29 is 14.3 Å². The number of benzene rings is 2. The molecule has 0 radical (unpaired) electrons. The van der Waals surface area contributed by atoms with Crippen molar-refractivity contribution in [1.29, 1.82) is 0 Å². The van der Waals surface area contributed by atoms with Gasteiger partial charge in [0.2, 0.25) is 0 Å². The molecule has 0 saturated carbocycles. The van der Waals surface area contributed by atoms with E-state index in [2.05, 4.69) is 17.2 Å². The van der Waals surface area contributed by atoms with Crippen molar-refractivity contribution in [3.8, 4) is 0 Å². The molecule has 4 rings (SSSR count). The highest BCUT2D eigenvalue weighted by molar-refractivity contribution is 6.12. The molecule has 1 amide bonds. The first-order valence-corrected chi connectivity index (χ1v) is 9.78. The maximum atomic E-state index is 13.3. The molecule has 0 bridgehead atoms. The van der Waals surface area contributed by atoms with E-state index in [0.29, 0.717) is 6.54 Å². The number of nitrogens with zero attached hydrogens (tertiary/aromatic N) is 3. The van der Waals surface area contributed by atoms with Crippen molar-refractivity contribution >= 4 is 17.6 Å². The van der Waals surface area contributed by atoms with Crippen LogP contribution in [0.1, 0.15) is 45.8 Å². The molecule has 148 valence electrons. The van der Waals surface area contributed by atoms with Crippen LogP contribution in [0.25, 0.3) is 0 Å². The van der Waals surface area contributed by atoms with Crippen LogP contribution in [-0.4, -0.2) is 34.3 Å². The summed E-state index contributed by atoms with van der Waals surface area (Å²) in [5.74, 6) is -0.755. The lowest BCUT2D eigenvalue weighted by Crippen LogP contribution is -2.47. The van der Waals surface area contributed by atoms with E-state index in [1.54, 1.807) is 16.5 Å². The number of hydrogen-bond acceptors (Lipinski definition) is 4. The fourth-order valence-electron chi connectivity index (χ4n) is 3.73. The van der Waals surface area contributed by atoms with Gasteiger partial charge < -0.3 is 9.64 Å². The van der Waals surface area contributed by atoms with Gasteiger partial charge in [-0.05, 0) is 43.5 Å². The third-order valence-corrected chi connectivity index (χ3v) is 5.10. The number of fused-ring (bicyclic) bond motifs is 1. The van der Waals surface area contributed by atoms with E-state index >= 15 is 0 Å². The Hall–Kier alpha value is -3.41. The number of amides is 1. The highest BCUT2D eigenvalue weighted by Gasteiger charge is 2.36. The molecule has 6 heteroatoms. The van der Waals surface area contributed by atoms with Crippen LogP contribution >= 0.6 is 0 Å². The van der Waals surface area contributed by atoms with Crippen molar-refractivity contribution in [3.63, 3.8) is 0 Å². The van der Waals surface area contributed by atoms with E-state index in [0.717, 1.165) is 12.1 Å². The van der Waals surface area contributed by atoms with Crippen LogP contribution in [0.2, 0.25) is 0 Å². The second-order valence-electron chi connectivity index (χ2n) is 7.16. The number of esters is 1. The van der Waals surface area contributed by atoms with E-state index in [4.69, 9.17) is 4.74 Å². The van der Waals surface area contributed by atoms with Crippen LogP contribution in [0.3, 0.4) is 0 Å². The Morgan fingerprint density at radius 1 is 1.10 bits per heavy atom. The van der Waals surface area contributed by atoms with Crippen LogP contribution in [0, 0.1) is 0 Å². The fourth-order valence-corrected chi connectivity index (χ4v) is 3.73. The number of ether oxygens (including phenoxy) is 1. The summed E-state index contributed by atoms with van der Waals surface area (Å²) < 4.78 is 6.67. The zero-order valence-corrected chi connectivity index (χ0v) is 16.5. The smallest absolute Gasteiger partial charge is 0.342 e. The van der Waals surface area contributed by atoms with Crippen molar-refractivity contribution in [3.05, 3.63) is 83.2 Å². The van der Waals surface area contributed by atoms with Gasteiger partial charge in [0.05, 0.1) is 25.4 Å². The van der Waals surface area contributed by atoms with E-state index in [1.165, 1.54) is 17.3 Å². The fraction of sp³-hybridized carbons (Fsp3) is 0.261. The third-order valence-electron chi connectivity index (χ3n) is 5.10. The van der Waals surface area contributed by atoms with Gasteiger partial charge in [-0.3, -0.25) is 9.48 Å². The minimum absolute atomic E-state index is 0.0788. The number of carbonyl (C=O) groups excluding carboxylic acids is 2. The van der Waals surface area contributed by atoms with E-state index in [-0.39, 0.29) is 29.8 Å². The molecule has 3 aromatic rings. The molecule has 2 aromatic carbocycles. The third kappa shape index (κ3) is 3.66. The quantitative estimate of drug-likeness (QED) is 0.624. The number of carbonyl (C=O) groups is 2. The lowest BCUT2D eigenvalue weighted by molar-refractivity contribution is 0.0522. The van der Waals surface area contributed by atoms with E-state index < -0.39 is 5.97 Å². The molecule has 1 aromatic heterocycles. The van der Waals surface area contributed by atoms with Crippen LogP contribution in [0.15, 0.2) is 60.8 Å². The molecule has 29 heavy (non-hydrogen) atoms. The van der Waals surface area contributed by atoms with Gasteiger partial charge >= 0.3 is 5.97 Å². The zero-order valence-electron chi connectivity index (χ0n) is 16.5. The van der Waals surface area contributed by atoms with Gasteiger partial charge in [0.1, 0.15) is 11.3 Å². The topological polar surface area (TPSA) is 64.4 Å². The summed E-state index contributed by atoms with van der Waals surface area (Å²) in [6, 6.07) is 18.2. The van der Waals surface area contributed by atoms with Gasteiger partial charge in [-0.15, -0.1) is 0 Å². The Morgan fingerprint density at radius 2 is 1.79 bits per heavy atom. The Labute approximate surface area is 169 Å². The van der Waals surface area contributed by atoms with Crippen LogP contribution in [0.5, 0.6) is 0 Å². The second kappa shape index (κ2) is 7.91. The largest absolute Gasteiger partial charge is 0.462 e. The normalized spacial score (nSPS) is 15.9. The Balaban J connectivity index is 1.60. The van der Waals surface area contributed by atoms with E-state index in [9.17, 15) is 9.59 Å². The first-order valence-electron chi connectivity index (χ1n) is 9.78. The summed E-state index contributed by atoms with van der Waals surface area (Å²) in [7, 11) is 0. The summed E-state index contributed by atoms with van der Waals surface area (Å²) in [5, 5.41) is 4.22. The molecule has 0 unspecified atom stereocenters. The van der Waals surface area contributed by atoms with Crippen molar-refractivity contribution in [2.24, 2.45) is 0 Å². The highest BCUT2D eigenvalue weighted by atomic mass is 16.5. The predicted molar refractivity (Wildman–Crippen MR) is 110 cm³/mol. The molecule has 6 nitrogen and oxygen atoms in total. The summed E-state index contributed by atoms with van der Waals surface area (Å²) in [5.41, 5.74) is 3.73.